The van der Waals surface area contributed by atoms with Gasteiger partial charge in [-0.1, -0.05) is 6.92 Å². The van der Waals surface area contributed by atoms with Gasteiger partial charge in [0.1, 0.15) is 0 Å². The van der Waals surface area contributed by atoms with E-state index in [9.17, 15) is 9.90 Å². The Labute approximate surface area is 143 Å². The number of aliphatic hydroxyl groups excluding tert-OH is 1. The third-order valence-electron chi connectivity index (χ3n) is 5.34. The fraction of sp³-hybridized carbons (Fsp3) is 0.706. The van der Waals surface area contributed by atoms with Crippen LogP contribution < -0.4 is 4.90 Å². The molecule has 0 unspecified atom stereocenters. The molecule has 24 heavy (non-hydrogen) atoms. The molecule has 0 aromatic carbocycles. The molecule has 2 aliphatic rings. The Morgan fingerprint density at radius 2 is 1.92 bits per heavy atom. The van der Waals surface area contributed by atoms with E-state index in [0.717, 1.165) is 45.7 Å². The average Bonchev–Trinajstić information content (AvgIpc) is 3.08. The second-order valence-electron chi connectivity index (χ2n) is 6.70. The van der Waals surface area contributed by atoms with Gasteiger partial charge in [0.25, 0.3) is 0 Å². The predicted octanol–water partition coefficient (Wildman–Crippen LogP) is 0.220. The van der Waals surface area contributed by atoms with Crippen LogP contribution in [0.5, 0.6) is 0 Å². The van der Waals surface area contributed by atoms with E-state index < -0.39 is 5.41 Å². The number of carbonyl (C=O) groups is 1. The van der Waals surface area contributed by atoms with E-state index in [-0.39, 0.29) is 12.5 Å². The molecule has 3 rings (SSSR count). The second-order valence-corrected chi connectivity index (χ2v) is 6.70. The van der Waals surface area contributed by atoms with Gasteiger partial charge in [0.15, 0.2) is 0 Å². The number of aliphatic hydroxyl groups is 1. The maximum Gasteiger partial charge on any atom is 0.230 e. The molecule has 1 amide bonds. The van der Waals surface area contributed by atoms with E-state index >= 15 is 0 Å². The molecular formula is C17H27N5O2. The monoisotopic (exact) mass is 333 g/mol. The molecule has 0 bridgehead atoms. The largest absolute Gasteiger partial charge is 0.396 e. The molecule has 2 saturated heterocycles. The number of anilines is 1. The van der Waals surface area contributed by atoms with E-state index in [1.807, 2.05) is 4.90 Å². The van der Waals surface area contributed by atoms with Crippen LogP contribution in [0.3, 0.4) is 0 Å². The van der Waals surface area contributed by atoms with Gasteiger partial charge in [-0.2, -0.15) is 0 Å². The van der Waals surface area contributed by atoms with E-state index in [0.29, 0.717) is 18.9 Å². The van der Waals surface area contributed by atoms with Crippen LogP contribution in [0.25, 0.3) is 0 Å². The zero-order valence-electron chi connectivity index (χ0n) is 14.4. The zero-order chi connectivity index (χ0) is 17.0. The molecule has 0 spiro atoms. The maximum absolute atomic E-state index is 13.2. The predicted molar refractivity (Wildman–Crippen MR) is 91.7 cm³/mol. The molecule has 7 heteroatoms. The number of rotatable bonds is 5. The van der Waals surface area contributed by atoms with Crippen molar-refractivity contribution in [3.8, 4) is 0 Å². The van der Waals surface area contributed by atoms with Crippen molar-refractivity contribution >= 4 is 11.9 Å². The molecule has 2 aliphatic heterocycles. The highest BCUT2D eigenvalue weighted by molar-refractivity contribution is 5.84. The summed E-state index contributed by atoms with van der Waals surface area (Å²) in [7, 11) is 0. The minimum Gasteiger partial charge on any atom is -0.396 e. The van der Waals surface area contributed by atoms with Crippen molar-refractivity contribution in [3.63, 3.8) is 0 Å². The van der Waals surface area contributed by atoms with E-state index in [4.69, 9.17) is 0 Å². The molecule has 1 aromatic heterocycles. The number of nitrogens with zero attached hydrogens (tertiary/aromatic N) is 5. The summed E-state index contributed by atoms with van der Waals surface area (Å²) in [5.41, 5.74) is -0.512. The summed E-state index contributed by atoms with van der Waals surface area (Å²) in [6, 6.07) is 1.79. The summed E-state index contributed by atoms with van der Waals surface area (Å²) in [5, 5.41) is 9.55. The fourth-order valence-electron chi connectivity index (χ4n) is 3.80. The lowest BCUT2D eigenvalue weighted by atomic mass is 9.82. The molecule has 1 atom stereocenters. The summed E-state index contributed by atoms with van der Waals surface area (Å²) in [6.07, 6.45) is 4.70. The minimum atomic E-state index is -0.512. The van der Waals surface area contributed by atoms with Crippen molar-refractivity contribution in [2.75, 3.05) is 57.3 Å². The van der Waals surface area contributed by atoms with E-state index in [2.05, 4.69) is 26.7 Å². The highest BCUT2D eigenvalue weighted by atomic mass is 16.3. The minimum absolute atomic E-state index is 0.0319. The number of carbonyl (C=O) groups excluding carboxylic acids is 1. The zero-order valence-corrected chi connectivity index (χ0v) is 14.4. The van der Waals surface area contributed by atoms with Crippen LogP contribution in [0.4, 0.5) is 5.95 Å². The van der Waals surface area contributed by atoms with Crippen molar-refractivity contribution < 1.29 is 9.90 Å². The molecule has 0 radical (unpaired) electrons. The average molecular weight is 333 g/mol. The lowest BCUT2D eigenvalue weighted by Crippen LogP contribution is -2.54. The number of hydrogen-bond acceptors (Lipinski definition) is 6. The van der Waals surface area contributed by atoms with Crippen LogP contribution in [-0.4, -0.2) is 83.2 Å². The third-order valence-corrected chi connectivity index (χ3v) is 5.34. The first-order valence-electron chi connectivity index (χ1n) is 8.83. The van der Waals surface area contributed by atoms with Gasteiger partial charge in [0.05, 0.1) is 5.41 Å². The molecule has 1 N–H and O–H groups in total. The van der Waals surface area contributed by atoms with Gasteiger partial charge in [-0.25, -0.2) is 9.97 Å². The number of piperazine rings is 1. The summed E-state index contributed by atoms with van der Waals surface area (Å²) in [5.74, 6) is 0.853. The quantitative estimate of drug-likeness (QED) is 0.831. The van der Waals surface area contributed by atoms with Crippen LogP contribution in [0.2, 0.25) is 0 Å². The topological polar surface area (TPSA) is 72.8 Å². The second kappa shape index (κ2) is 7.44. The lowest BCUT2D eigenvalue weighted by Gasteiger charge is -2.39. The first-order valence-corrected chi connectivity index (χ1v) is 8.83. The Bertz CT molecular complexity index is 547. The van der Waals surface area contributed by atoms with E-state index in [1.54, 1.807) is 18.5 Å². The molecule has 132 valence electrons. The smallest absolute Gasteiger partial charge is 0.230 e. The van der Waals surface area contributed by atoms with Crippen LogP contribution in [0.1, 0.15) is 19.8 Å². The number of amides is 1. The Balaban J connectivity index is 1.71. The molecule has 0 saturated carbocycles. The highest BCUT2D eigenvalue weighted by Gasteiger charge is 2.47. The van der Waals surface area contributed by atoms with Crippen molar-refractivity contribution in [1.29, 1.82) is 0 Å². The van der Waals surface area contributed by atoms with Gasteiger partial charge in [0, 0.05) is 58.3 Å². The van der Waals surface area contributed by atoms with Crippen molar-refractivity contribution in [2.24, 2.45) is 5.41 Å². The Morgan fingerprint density at radius 1 is 1.21 bits per heavy atom. The highest BCUT2D eigenvalue weighted by Crippen LogP contribution is 2.37. The summed E-state index contributed by atoms with van der Waals surface area (Å²) in [6.45, 7) is 7.98. The molecule has 7 nitrogen and oxygen atoms in total. The number of likely N-dealkylation sites (N-methyl/N-ethyl adjacent to an activating group) is 1. The normalized spacial score (nSPS) is 25.2. The fourth-order valence-corrected chi connectivity index (χ4v) is 3.80. The Kier molecular flexibility index (Phi) is 5.30. The molecule has 1 aromatic rings. The SMILES string of the molecule is CCN1CCN(C(=O)[C@@]2(CCO)CCN(c3ncccn3)C2)CC1. The van der Waals surface area contributed by atoms with Crippen LogP contribution in [0, 0.1) is 5.41 Å². The van der Waals surface area contributed by atoms with Crippen LogP contribution >= 0.6 is 0 Å². The Hall–Kier alpha value is -1.73. The summed E-state index contributed by atoms with van der Waals surface area (Å²) < 4.78 is 0. The standard InChI is InChI=1S/C17H27N5O2/c1-2-20-9-11-21(12-10-20)15(24)17(5-13-23)4-8-22(14-17)16-18-6-3-7-19-16/h3,6-7,23H,2,4-5,8-14H2,1H3/t17-/m1/s1. The summed E-state index contributed by atoms with van der Waals surface area (Å²) >= 11 is 0. The van der Waals surface area contributed by atoms with Gasteiger partial charge < -0.3 is 19.8 Å². The van der Waals surface area contributed by atoms with Gasteiger partial charge >= 0.3 is 0 Å². The van der Waals surface area contributed by atoms with Gasteiger partial charge in [0.2, 0.25) is 11.9 Å². The number of aromatic nitrogens is 2. The lowest BCUT2D eigenvalue weighted by molar-refractivity contribution is -0.143. The first kappa shape index (κ1) is 17.1. The van der Waals surface area contributed by atoms with Crippen molar-refractivity contribution in [3.05, 3.63) is 18.5 Å². The summed E-state index contributed by atoms with van der Waals surface area (Å²) in [4.78, 5) is 28.2. The maximum atomic E-state index is 13.2. The number of hydrogen-bond donors (Lipinski definition) is 1. The first-order chi connectivity index (χ1) is 11.7. The molecular weight excluding hydrogens is 306 g/mol. The van der Waals surface area contributed by atoms with Crippen LogP contribution in [-0.2, 0) is 4.79 Å². The molecule has 2 fully saturated rings. The van der Waals surface area contributed by atoms with Gasteiger partial charge in [-0.05, 0) is 25.5 Å². The third kappa shape index (κ3) is 3.37. The van der Waals surface area contributed by atoms with Gasteiger partial charge in [-0.3, -0.25) is 4.79 Å². The van der Waals surface area contributed by atoms with Crippen LogP contribution in [0.15, 0.2) is 18.5 Å². The van der Waals surface area contributed by atoms with Crippen molar-refractivity contribution in [2.45, 2.75) is 19.8 Å². The van der Waals surface area contributed by atoms with E-state index in [1.165, 1.54) is 0 Å². The Morgan fingerprint density at radius 3 is 2.54 bits per heavy atom. The van der Waals surface area contributed by atoms with Gasteiger partial charge in [-0.15, -0.1) is 0 Å². The molecule has 0 aliphatic carbocycles. The molecule has 3 heterocycles. The van der Waals surface area contributed by atoms with Crippen molar-refractivity contribution in [1.82, 2.24) is 19.8 Å².